The fraction of sp³-hybridized carbons (Fsp3) is 0.200. The molecular weight excluding hydrogens is 374 g/mol. The van der Waals surface area contributed by atoms with E-state index in [0.29, 0.717) is 0 Å². The lowest BCUT2D eigenvalue weighted by Gasteiger charge is -2.13. The predicted octanol–water partition coefficient (Wildman–Crippen LogP) is 8.51. The molecule has 154 valence electrons. The van der Waals surface area contributed by atoms with Gasteiger partial charge < -0.3 is 4.98 Å². The SMILES string of the molecule is Cc1cc(C)c(-c2ccc3[nH]c4ccc(-c5c(C)cc(C)cc5C)cc4c3c2)c(C)c1. The lowest BCUT2D eigenvalue weighted by Crippen LogP contribution is -1.90. The molecule has 31 heavy (non-hydrogen) atoms. The largest absolute Gasteiger partial charge is 0.355 e. The van der Waals surface area contributed by atoms with E-state index in [9.17, 15) is 0 Å². The second kappa shape index (κ2) is 7.13. The number of H-pyrrole nitrogens is 1. The van der Waals surface area contributed by atoms with Crippen LogP contribution in [0.3, 0.4) is 0 Å². The maximum absolute atomic E-state index is 3.61. The van der Waals surface area contributed by atoms with Gasteiger partial charge in [-0.3, -0.25) is 0 Å². The fourth-order valence-corrected chi connectivity index (χ4v) is 5.48. The molecule has 0 radical (unpaired) electrons. The Balaban J connectivity index is 1.74. The summed E-state index contributed by atoms with van der Waals surface area (Å²) in [5.74, 6) is 0. The van der Waals surface area contributed by atoms with Crippen molar-refractivity contribution in [3.63, 3.8) is 0 Å². The molecule has 0 atom stereocenters. The number of aromatic amines is 1. The first-order valence-corrected chi connectivity index (χ1v) is 11.0. The van der Waals surface area contributed by atoms with Gasteiger partial charge in [0.15, 0.2) is 0 Å². The van der Waals surface area contributed by atoms with Crippen LogP contribution in [0.2, 0.25) is 0 Å². The van der Waals surface area contributed by atoms with Crippen molar-refractivity contribution in [1.29, 1.82) is 0 Å². The third-order valence-corrected chi connectivity index (χ3v) is 6.53. The average molecular weight is 404 g/mol. The number of aryl methyl sites for hydroxylation is 6. The third kappa shape index (κ3) is 3.25. The molecule has 1 heterocycles. The van der Waals surface area contributed by atoms with Crippen molar-refractivity contribution in [2.24, 2.45) is 0 Å². The van der Waals surface area contributed by atoms with Crippen LogP contribution >= 0.6 is 0 Å². The molecule has 0 amide bonds. The Kier molecular flexibility index (Phi) is 4.51. The van der Waals surface area contributed by atoms with E-state index in [0.717, 1.165) is 0 Å². The third-order valence-electron chi connectivity index (χ3n) is 6.53. The van der Waals surface area contributed by atoms with Crippen LogP contribution in [0, 0.1) is 41.5 Å². The number of aromatic nitrogens is 1. The normalized spacial score (nSPS) is 11.5. The van der Waals surface area contributed by atoms with E-state index >= 15 is 0 Å². The van der Waals surface area contributed by atoms with Gasteiger partial charge in [-0.15, -0.1) is 0 Å². The maximum Gasteiger partial charge on any atom is 0.0465 e. The van der Waals surface area contributed by atoms with Gasteiger partial charge in [0.25, 0.3) is 0 Å². The highest BCUT2D eigenvalue weighted by Gasteiger charge is 2.13. The second-order valence-electron chi connectivity index (χ2n) is 9.19. The van der Waals surface area contributed by atoms with Gasteiger partial charge in [-0.1, -0.05) is 47.5 Å². The van der Waals surface area contributed by atoms with E-state index in [2.05, 4.69) is 107 Å². The van der Waals surface area contributed by atoms with Crippen molar-refractivity contribution in [3.8, 4) is 22.3 Å². The molecule has 0 aliphatic carbocycles. The number of benzene rings is 4. The highest BCUT2D eigenvalue weighted by atomic mass is 14.7. The van der Waals surface area contributed by atoms with Gasteiger partial charge in [0.1, 0.15) is 0 Å². The van der Waals surface area contributed by atoms with Gasteiger partial charge >= 0.3 is 0 Å². The van der Waals surface area contributed by atoms with E-state index in [-0.39, 0.29) is 0 Å². The average Bonchev–Trinajstić information content (AvgIpc) is 3.04. The minimum atomic E-state index is 1.19. The Hall–Kier alpha value is -3.32. The highest BCUT2D eigenvalue weighted by molar-refractivity contribution is 6.10. The molecule has 0 unspecified atom stereocenters. The van der Waals surface area contributed by atoms with E-state index in [4.69, 9.17) is 0 Å². The lowest BCUT2D eigenvalue weighted by molar-refractivity contribution is 1.32. The molecule has 4 aromatic carbocycles. The van der Waals surface area contributed by atoms with E-state index in [1.165, 1.54) is 77.4 Å². The number of fused-ring (bicyclic) bond motifs is 3. The van der Waals surface area contributed by atoms with Crippen LogP contribution in [0.15, 0.2) is 60.7 Å². The fourth-order valence-electron chi connectivity index (χ4n) is 5.48. The Morgan fingerprint density at radius 2 is 0.806 bits per heavy atom. The highest BCUT2D eigenvalue weighted by Crippen LogP contribution is 2.36. The molecule has 0 spiro atoms. The second-order valence-corrected chi connectivity index (χ2v) is 9.19. The van der Waals surface area contributed by atoms with Crippen molar-refractivity contribution < 1.29 is 0 Å². The van der Waals surface area contributed by atoms with Gasteiger partial charge in [-0.05, 0) is 110 Å². The van der Waals surface area contributed by atoms with Crippen LogP contribution in [0.4, 0.5) is 0 Å². The van der Waals surface area contributed by atoms with Crippen LogP contribution in [-0.4, -0.2) is 4.98 Å². The standard InChI is InChI=1S/C30H29N/c1-17-11-19(3)29(20(4)12-17)23-7-9-27-25(15-23)26-16-24(8-10-28(26)31-27)30-21(5)13-18(2)14-22(30)6/h7-16,31H,1-6H3. The molecule has 5 rings (SSSR count). The van der Waals surface area contributed by atoms with E-state index < -0.39 is 0 Å². The molecule has 0 bridgehead atoms. The van der Waals surface area contributed by atoms with Crippen LogP contribution < -0.4 is 0 Å². The molecule has 0 saturated carbocycles. The summed E-state index contributed by atoms with van der Waals surface area (Å²) in [6.07, 6.45) is 0. The molecule has 0 aliphatic heterocycles. The quantitative estimate of drug-likeness (QED) is 0.304. The molecule has 5 aromatic rings. The van der Waals surface area contributed by atoms with Gasteiger partial charge in [0.05, 0.1) is 0 Å². The molecule has 1 N–H and O–H groups in total. The van der Waals surface area contributed by atoms with Gasteiger partial charge in [-0.2, -0.15) is 0 Å². The first kappa shape index (κ1) is 19.6. The summed E-state index contributed by atoms with van der Waals surface area (Å²) >= 11 is 0. The Labute approximate surface area is 184 Å². The Morgan fingerprint density at radius 1 is 0.452 bits per heavy atom. The summed E-state index contributed by atoms with van der Waals surface area (Å²) < 4.78 is 0. The van der Waals surface area contributed by atoms with Gasteiger partial charge in [0.2, 0.25) is 0 Å². The monoisotopic (exact) mass is 403 g/mol. The molecule has 1 heteroatoms. The zero-order valence-electron chi connectivity index (χ0n) is 19.3. The van der Waals surface area contributed by atoms with E-state index in [1.54, 1.807) is 0 Å². The molecule has 1 nitrogen and oxygen atoms in total. The number of nitrogens with one attached hydrogen (secondary N) is 1. The van der Waals surface area contributed by atoms with Crippen LogP contribution in [0.25, 0.3) is 44.1 Å². The van der Waals surface area contributed by atoms with Crippen molar-refractivity contribution in [3.05, 3.63) is 94.0 Å². The molecule has 0 aliphatic rings. The van der Waals surface area contributed by atoms with Crippen LogP contribution in [0.5, 0.6) is 0 Å². The van der Waals surface area contributed by atoms with E-state index in [1.807, 2.05) is 0 Å². The summed E-state index contributed by atoms with van der Waals surface area (Å²) in [4.78, 5) is 3.61. The Morgan fingerprint density at radius 3 is 1.16 bits per heavy atom. The minimum absolute atomic E-state index is 1.19. The maximum atomic E-state index is 3.61. The zero-order chi connectivity index (χ0) is 21.9. The Bertz CT molecular complexity index is 1320. The van der Waals surface area contributed by atoms with Crippen molar-refractivity contribution in [2.75, 3.05) is 0 Å². The number of hydrogen-bond acceptors (Lipinski definition) is 0. The van der Waals surface area contributed by atoms with Crippen LogP contribution in [0.1, 0.15) is 33.4 Å². The van der Waals surface area contributed by atoms with Crippen molar-refractivity contribution >= 4 is 21.8 Å². The summed E-state index contributed by atoms with van der Waals surface area (Å²) in [7, 11) is 0. The summed E-state index contributed by atoms with van der Waals surface area (Å²) in [6, 6.07) is 22.8. The molecular formula is C30H29N. The molecule has 0 saturated heterocycles. The first-order chi connectivity index (χ1) is 14.8. The summed E-state index contributed by atoms with van der Waals surface area (Å²) in [5, 5.41) is 2.58. The number of rotatable bonds is 2. The smallest absolute Gasteiger partial charge is 0.0465 e. The van der Waals surface area contributed by atoms with Crippen molar-refractivity contribution in [2.45, 2.75) is 41.5 Å². The molecule has 0 fully saturated rings. The zero-order valence-corrected chi connectivity index (χ0v) is 19.3. The molecule has 1 aromatic heterocycles. The number of hydrogen-bond donors (Lipinski definition) is 1. The minimum Gasteiger partial charge on any atom is -0.355 e. The van der Waals surface area contributed by atoms with Gasteiger partial charge in [0, 0.05) is 21.8 Å². The predicted molar refractivity (Wildman–Crippen MR) is 135 cm³/mol. The summed E-state index contributed by atoms with van der Waals surface area (Å²) in [5.41, 5.74) is 15.6. The van der Waals surface area contributed by atoms with Crippen molar-refractivity contribution in [1.82, 2.24) is 4.98 Å². The summed E-state index contributed by atoms with van der Waals surface area (Å²) in [6.45, 7) is 13.2. The first-order valence-electron chi connectivity index (χ1n) is 11.0. The lowest BCUT2D eigenvalue weighted by atomic mass is 9.91. The van der Waals surface area contributed by atoms with Crippen LogP contribution in [-0.2, 0) is 0 Å². The van der Waals surface area contributed by atoms with Gasteiger partial charge in [-0.25, -0.2) is 0 Å². The topological polar surface area (TPSA) is 15.8 Å².